The van der Waals surface area contributed by atoms with E-state index in [0.29, 0.717) is 12.8 Å². The molecule has 25 heavy (non-hydrogen) atoms. The second-order valence-corrected chi connectivity index (χ2v) is 6.75. The van der Waals surface area contributed by atoms with E-state index in [0.717, 1.165) is 43.5 Å². The molecule has 2 unspecified atom stereocenters. The zero-order chi connectivity index (χ0) is 18.2. The summed E-state index contributed by atoms with van der Waals surface area (Å²) in [5, 5.41) is 8.93. The van der Waals surface area contributed by atoms with Crippen molar-refractivity contribution in [1.82, 2.24) is 4.90 Å². The van der Waals surface area contributed by atoms with Crippen LogP contribution in [0.15, 0.2) is 24.3 Å². The van der Waals surface area contributed by atoms with Crippen LogP contribution in [-0.2, 0) is 9.59 Å². The first-order chi connectivity index (χ1) is 12.0. The second kappa shape index (κ2) is 9.44. The molecule has 0 saturated carbocycles. The summed E-state index contributed by atoms with van der Waals surface area (Å²) in [5.74, 6) is 0.357. The van der Waals surface area contributed by atoms with E-state index in [1.165, 1.54) is 0 Å². The van der Waals surface area contributed by atoms with Gasteiger partial charge in [-0.3, -0.25) is 9.59 Å². The average molecular weight is 347 g/mol. The van der Waals surface area contributed by atoms with Crippen molar-refractivity contribution in [2.75, 3.05) is 13.7 Å². The molecule has 5 heteroatoms. The number of hydrogen-bond acceptors (Lipinski definition) is 3. The SMILES string of the molecule is CCC(CC(=O)N1CCCCC1CCC(=O)O)c1ccc(OC)cc1. The molecule has 0 radical (unpaired) electrons. The highest BCUT2D eigenvalue weighted by atomic mass is 16.5. The fraction of sp³-hybridized carbons (Fsp3) is 0.600. The first-order valence-corrected chi connectivity index (χ1v) is 9.20. The molecule has 1 aliphatic rings. The van der Waals surface area contributed by atoms with Crippen LogP contribution >= 0.6 is 0 Å². The van der Waals surface area contributed by atoms with Crippen LogP contribution in [0.25, 0.3) is 0 Å². The van der Waals surface area contributed by atoms with Gasteiger partial charge in [-0.25, -0.2) is 0 Å². The summed E-state index contributed by atoms with van der Waals surface area (Å²) in [6.45, 7) is 2.85. The van der Waals surface area contributed by atoms with Crippen molar-refractivity contribution in [1.29, 1.82) is 0 Å². The molecule has 2 rings (SSSR count). The van der Waals surface area contributed by atoms with Gasteiger partial charge in [-0.2, -0.15) is 0 Å². The number of carbonyl (C=O) groups is 2. The fourth-order valence-electron chi connectivity index (χ4n) is 3.62. The Labute approximate surface area is 150 Å². The van der Waals surface area contributed by atoms with Gasteiger partial charge < -0.3 is 14.7 Å². The van der Waals surface area contributed by atoms with Gasteiger partial charge in [-0.1, -0.05) is 19.1 Å². The molecule has 1 aromatic rings. The van der Waals surface area contributed by atoms with E-state index in [-0.39, 0.29) is 24.3 Å². The molecule has 1 aromatic carbocycles. The number of carboxylic acid groups (broad SMARTS) is 1. The van der Waals surface area contributed by atoms with Crippen LogP contribution in [0.5, 0.6) is 5.75 Å². The lowest BCUT2D eigenvalue weighted by atomic mass is 9.91. The van der Waals surface area contributed by atoms with Gasteiger partial charge in [-0.05, 0) is 55.7 Å². The van der Waals surface area contributed by atoms with Crippen molar-refractivity contribution in [3.05, 3.63) is 29.8 Å². The van der Waals surface area contributed by atoms with Crippen molar-refractivity contribution >= 4 is 11.9 Å². The summed E-state index contributed by atoms with van der Waals surface area (Å²) < 4.78 is 5.20. The van der Waals surface area contributed by atoms with Gasteiger partial charge >= 0.3 is 5.97 Å². The zero-order valence-corrected chi connectivity index (χ0v) is 15.2. The molecule has 0 spiro atoms. The van der Waals surface area contributed by atoms with Crippen LogP contribution < -0.4 is 4.74 Å². The predicted octanol–water partition coefficient (Wildman–Crippen LogP) is 3.82. The molecule has 1 aliphatic heterocycles. The topological polar surface area (TPSA) is 66.8 Å². The van der Waals surface area contributed by atoms with Crippen molar-refractivity contribution in [3.8, 4) is 5.75 Å². The lowest BCUT2D eigenvalue weighted by Crippen LogP contribution is -2.44. The number of carbonyl (C=O) groups excluding carboxylic acids is 1. The maximum atomic E-state index is 12.9. The highest BCUT2D eigenvalue weighted by Gasteiger charge is 2.28. The third kappa shape index (κ3) is 5.48. The third-order valence-corrected chi connectivity index (χ3v) is 5.14. The molecule has 1 saturated heterocycles. The molecule has 1 heterocycles. The molecule has 0 bridgehead atoms. The van der Waals surface area contributed by atoms with E-state index < -0.39 is 5.97 Å². The minimum absolute atomic E-state index is 0.0747. The normalized spacial score (nSPS) is 18.6. The van der Waals surface area contributed by atoms with Gasteiger partial charge in [-0.15, -0.1) is 0 Å². The van der Waals surface area contributed by atoms with E-state index in [1.54, 1.807) is 7.11 Å². The molecular weight excluding hydrogens is 318 g/mol. The van der Waals surface area contributed by atoms with Gasteiger partial charge in [0.1, 0.15) is 5.75 Å². The van der Waals surface area contributed by atoms with E-state index in [9.17, 15) is 9.59 Å². The lowest BCUT2D eigenvalue weighted by molar-refractivity contribution is -0.140. The lowest BCUT2D eigenvalue weighted by Gasteiger charge is -2.36. The third-order valence-electron chi connectivity index (χ3n) is 5.14. The summed E-state index contributed by atoms with van der Waals surface area (Å²) >= 11 is 0. The van der Waals surface area contributed by atoms with E-state index in [1.807, 2.05) is 29.2 Å². The molecule has 1 fully saturated rings. The smallest absolute Gasteiger partial charge is 0.303 e. The average Bonchev–Trinajstić information content (AvgIpc) is 2.64. The number of amides is 1. The Morgan fingerprint density at radius 2 is 2.00 bits per heavy atom. The first-order valence-electron chi connectivity index (χ1n) is 9.20. The Hall–Kier alpha value is -2.04. The number of carboxylic acids is 1. The largest absolute Gasteiger partial charge is 0.497 e. The van der Waals surface area contributed by atoms with Crippen LogP contribution in [0.2, 0.25) is 0 Å². The van der Waals surface area contributed by atoms with Gasteiger partial charge in [0.15, 0.2) is 0 Å². The molecule has 1 N–H and O–H groups in total. The minimum Gasteiger partial charge on any atom is -0.497 e. The van der Waals surface area contributed by atoms with Crippen molar-refractivity contribution < 1.29 is 19.4 Å². The Bertz CT molecular complexity index is 570. The standard InChI is InChI=1S/C20H29NO4/c1-3-15(16-7-10-18(25-2)11-8-16)14-19(22)21-13-5-4-6-17(21)9-12-20(23)24/h7-8,10-11,15,17H,3-6,9,12-14H2,1-2H3,(H,23,24). The molecule has 0 aromatic heterocycles. The molecule has 0 aliphatic carbocycles. The number of nitrogens with zero attached hydrogens (tertiary/aromatic N) is 1. The van der Waals surface area contributed by atoms with Gasteiger partial charge in [0, 0.05) is 25.4 Å². The molecule has 1 amide bonds. The number of aliphatic carboxylic acids is 1. The van der Waals surface area contributed by atoms with Gasteiger partial charge in [0.2, 0.25) is 5.91 Å². The van der Waals surface area contributed by atoms with E-state index >= 15 is 0 Å². The van der Waals surface area contributed by atoms with Crippen LogP contribution in [0.3, 0.4) is 0 Å². The summed E-state index contributed by atoms with van der Waals surface area (Å²) in [5.41, 5.74) is 1.15. The number of ether oxygens (including phenoxy) is 1. The summed E-state index contributed by atoms with van der Waals surface area (Å²) in [4.78, 5) is 25.7. The fourth-order valence-corrected chi connectivity index (χ4v) is 3.62. The highest BCUT2D eigenvalue weighted by Crippen LogP contribution is 2.28. The predicted molar refractivity (Wildman–Crippen MR) is 96.9 cm³/mol. The quantitative estimate of drug-likeness (QED) is 0.776. The monoisotopic (exact) mass is 347 g/mol. The Balaban J connectivity index is 2.01. The Kier molecular flexibility index (Phi) is 7.29. The Morgan fingerprint density at radius 3 is 2.60 bits per heavy atom. The molecular formula is C20H29NO4. The maximum Gasteiger partial charge on any atom is 0.303 e. The molecule has 2 atom stereocenters. The van der Waals surface area contributed by atoms with Crippen LogP contribution in [0, 0.1) is 0 Å². The highest BCUT2D eigenvalue weighted by molar-refractivity contribution is 5.77. The number of methoxy groups -OCH3 is 1. The van der Waals surface area contributed by atoms with Crippen molar-refractivity contribution in [2.24, 2.45) is 0 Å². The van der Waals surface area contributed by atoms with Crippen LogP contribution in [0.4, 0.5) is 0 Å². The zero-order valence-electron chi connectivity index (χ0n) is 15.2. The van der Waals surface area contributed by atoms with E-state index in [4.69, 9.17) is 9.84 Å². The van der Waals surface area contributed by atoms with Crippen molar-refractivity contribution in [3.63, 3.8) is 0 Å². The van der Waals surface area contributed by atoms with Crippen LogP contribution in [0.1, 0.15) is 63.4 Å². The summed E-state index contributed by atoms with van der Waals surface area (Å²) in [6.07, 6.45) is 5.05. The number of likely N-dealkylation sites (tertiary alicyclic amines) is 1. The Morgan fingerprint density at radius 1 is 1.28 bits per heavy atom. The second-order valence-electron chi connectivity index (χ2n) is 6.75. The number of rotatable bonds is 8. The van der Waals surface area contributed by atoms with Gasteiger partial charge in [0.25, 0.3) is 0 Å². The number of hydrogen-bond donors (Lipinski definition) is 1. The number of benzene rings is 1. The van der Waals surface area contributed by atoms with E-state index in [2.05, 4.69) is 6.92 Å². The van der Waals surface area contributed by atoms with Gasteiger partial charge in [0.05, 0.1) is 7.11 Å². The summed E-state index contributed by atoms with van der Waals surface area (Å²) in [7, 11) is 1.64. The van der Waals surface area contributed by atoms with Crippen molar-refractivity contribution in [2.45, 2.75) is 63.8 Å². The molecule has 5 nitrogen and oxygen atoms in total. The maximum absolute atomic E-state index is 12.9. The van der Waals surface area contributed by atoms with Crippen LogP contribution in [-0.4, -0.2) is 41.6 Å². The minimum atomic E-state index is -0.789. The molecule has 138 valence electrons. The number of piperidine rings is 1. The first kappa shape index (κ1) is 19.3. The summed E-state index contributed by atoms with van der Waals surface area (Å²) in [6, 6.07) is 7.99.